The van der Waals surface area contributed by atoms with Crippen molar-refractivity contribution in [3.8, 4) is 0 Å². The van der Waals surface area contributed by atoms with Crippen molar-refractivity contribution in [2.75, 3.05) is 7.11 Å². The summed E-state index contributed by atoms with van der Waals surface area (Å²) < 4.78 is 0. The van der Waals surface area contributed by atoms with Crippen LogP contribution in [0.2, 0.25) is 0 Å². The van der Waals surface area contributed by atoms with E-state index in [0.717, 1.165) is 7.11 Å². The van der Waals surface area contributed by atoms with Crippen LogP contribution >= 0.6 is 0 Å². The van der Waals surface area contributed by atoms with Gasteiger partial charge in [0.05, 0.1) is 0 Å². The second kappa shape index (κ2) is 6.39. The highest BCUT2D eigenvalue weighted by Gasteiger charge is 1.99. The number of aliphatic hydroxyl groups is 1. The highest BCUT2D eigenvalue weighted by atomic mass is 16.4. The fourth-order valence-corrected chi connectivity index (χ4v) is 0. The molecular weight excluding hydrogens is 110 g/mol. The fraction of sp³-hybridized carbons (Fsp3) is 0.750. The summed E-state index contributed by atoms with van der Waals surface area (Å²) in [4.78, 5) is 9.57. The van der Waals surface area contributed by atoms with Crippen LogP contribution < -0.4 is 5.73 Å². The van der Waals surface area contributed by atoms with Crippen molar-refractivity contribution in [3.05, 3.63) is 0 Å². The molecule has 0 radical (unpaired) electrons. The van der Waals surface area contributed by atoms with Crippen molar-refractivity contribution in [2.45, 2.75) is 13.0 Å². The fourth-order valence-electron chi connectivity index (χ4n) is 0. The molecule has 0 heterocycles. The molecule has 0 spiro atoms. The molecule has 8 heavy (non-hydrogen) atoms. The van der Waals surface area contributed by atoms with Crippen molar-refractivity contribution in [2.24, 2.45) is 5.73 Å². The van der Waals surface area contributed by atoms with Gasteiger partial charge in [-0.05, 0) is 6.92 Å². The third-order valence-electron chi connectivity index (χ3n) is 0.390. The van der Waals surface area contributed by atoms with Gasteiger partial charge in [-0.15, -0.1) is 0 Å². The van der Waals surface area contributed by atoms with Gasteiger partial charge in [0.25, 0.3) is 0 Å². The topological polar surface area (TPSA) is 83.6 Å². The molecule has 0 rings (SSSR count). The summed E-state index contributed by atoms with van der Waals surface area (Å²) in [5.74, 6) is -0.963. The summed E-state index contributed by atoms with van der Waals surface area (Å²) in [6, 6.07) is -0.731. The lowest BCUT2D eigenvalue weighted by Gasteiger charge is -1.90. The molecule has 4 heteroatoms. The van der Waals surface area contributed by atoms with E-state index in [-0.39, 0.29) is 0 Å². The number of aliphatic carboxylic acids is 1. The summed E-state index contributed by atoms with van der Waals surface area (Å²) >= 11 is 0. The zero-order valence-corrected chi connectivity index (χ0v) is 4.96. The minimum absolute atomic E-state index is 0.731. The normalized spacial score (nSPS) is 11.0. The van der Waals surface area contributed by atoms with Crippen LogP contribution in [-0.4, -0.2) is 29.3 Å². The van der Waals surface area contributed by atoms with Gasteiger partial charge < -0.3 is 15.9 Å². The van der Waals surface area contributed by atoms with Crippen LogP contribution in [0.15, 0.2) is 0 Å². The van der Waals surface area contributed by atoms with Crippen molar-refractivity contribution < 1.29 is 15.0 Å². The molecule has 1 atom stereocenters. The first-order valence-electron chi connectivity index (χ1n) is 2.07. The molecule has 0 aliphatic heterocycles. The summed E-state index contributed by atoms with van der Waals surface area (Å²) in [7, 11) is 1.00. The molecule has 4 N–H and O–H groups in total. The third-order valence-corrected chi connectivity index (χ3v) is 0.390. The minimum Gasteiger partial charge on any atom is -0.480 e. The Labute approximate surface area is 47.9 Å². The monoisotopic (exact) mass is 121 g/mol. The van der Waals surface area contributed by atoms with E-state index < -0.39 is 12.0 Å². The first kappa shape index (κ1) is 10.4. The number of aliphatic hydroxyl groups excluding tert-OH is 1. The quantitative estimate of drug-likeness (QED) is 0.416. The molecule has 0 aromatic carbocycles. The maximum atomic E-state index is 9.57. The summed E-state index contributed by atoms with van der Waals surface area (Å²) in [5.41, 5.74) is 4.84. The van der Waals surface area contributed by atoms with Crippen LogP contribution in [-0.2, 0) is 4.79 Å². The van der Waals surface area contributed by atoms with E-state index in [4.69, 9.17) is 15.9 Å². The van der Waals surface area contributed by atoms with E-state index in [0.29, 0.717) is 0 Å². The predicted molar refractivity (Wildman–Crippen MR) is 29.4 cm³/mol. The Morgan fingerprint density at radius 1 is 1.62 bits per heavy atom. The zero-order valence-electron chi connectivity index (χ0n) is 4.96. The Hall–Kier alpha value is -0.610. The van der Waals surface area contributed by atoms with Crippen molar-refractivity contribution in [1.82, 2.24) is 0 Å². The molecule has 0 amide bonds. The van der Waals surface area contributed by atoms with Crippen LogP contribution in [0.5, 0.6) is 0 Å². The average Bonchev–Trinajstić information content (AvgIpc) is 1.72. The van der Waals surface area contributed by atoms with Crippen molar-refractivity contribution in [1.29, 1.82) is 0 Å². The van der Waals surface area contributed by atoms with Gasteiger partial charge >= 0.3 is 5.97 Å². The van der Waals surface area contributed by atoms with Gasteiger partial charge in [-0.2, -0.15) is 0 Å². The molecule has 0 aliphatic carbocycles. The van der Waals surface area contributed by atoms with Crippen LogP contribution in [0.3, 0.4) is 0 Å². The molecule has 0 saturated carbocycles. The Balaban J connectivity index is 0. The highest BCUT2D eigenvalue weighted by molar-refractivity contribution is 5.72. The molecule has 0 saturated heterocycles. The number of carboxylic acids is 1. The first-order valence-corrected chi connectivity index (χ1v) is 2.07. The van der Waals surface area contributed by atoms with E-state index in [2.05, 4.69) is 0 Å². The van der Waals surface area contributed by atoms with Gasteiger partial charge in [-0.25, -0.2) is 0 Å². The predicted octanol–water partition coefficient (Wildman–Crippen LogP) is -0.973. The van der Waals surface area contributed by atoms with Crippen LogP contribution in [0.25, 0.3) is 0 Å². The van der Waals surface area contributed by atoms with E-state index >= 15 is 0 Å². The van der Waals surface area contributed by atoms with Gasteiger partial charge in [0, 0.05) is 7.11 Å². The molecule has 0 bridgehead atoms. The molecule has 1 unspecified atom stereocenters. The second-order valence-electron chi connectivity index (χ2n) is 1.13. The summed E-state index contributed by atoms with van der Waals surface area (Å²) in [6.07, 6.45) is 0. The van der Waals surface area contributed by atoms with Crippen LogP contribution in [0.1, 0.15) is 6.92 Å². The lowest BCUT2D eigenvalue weighted by Crippen LogP contribution is -2.25. The maximum Gasteiger partial charge on any atom is 0.320 e. The second-order valence-corrected chi connectivity index (χ2v) is 1.13. The molecule has 0 aliphatic rings. The van der Waals surface area contributed by atoms with Gasteiger partial charge in [0.2, 0.25) is 0 Å². The summed E-state index contributed by atoms with van der Waals surface area (Å²) in [6.45, 7) is 1.42. The Morgan fingerprint density at radius 3 is 1.75 bits per heavy atom. The van der Waals surface area contributed by atoms with E-state index in [1.54, 1.807) is 0 Å². The Morgan fingerprint density at radius 2 is 1.75 bits per heavy atom. The zero-order chi connectivity index (χ0) is 7.15. The standard InChI is InChI=1S/C3H7NO2.CH4O/c1-2(4)3(5)6;1-2/h2H,4H2,1H3,(H,5,6);2H,1H3. The van der Waals surface area contributed by atoms with E-state index in [9.17, 15) is 4.79 Å². The molecule has 0 aromatic heterocycles. The Kier molecular flexibility index (Phi) is 8.30. The van der Waals surface area contributed by atoms with Gasteiger partial charge in [0.15, 0.2) is 0 Å². The van der Waals surface area contributed by atoms with Crippen LogP contribution in [0, 0.1) is 0 Å². The first-order chi connectivity index (χ1) is 3.64. The Bertz CT molecular complexity index is 62.3. The smallest absolute Gasteiger partial charge is 0.320 e. The minimum atomic E-state index is -0.963. The van der Waals surface area contributed by atoms with E-state index in [1.165, 1.54) is 6.92 Å². The lowest BCUT2D eigenvalue weighted by atomic mass is 10.4. The largest absolute Gasteiger partial charge is 0.480 e. The number of hydrogen-bond acceptors (Lipinski definition) is 3. The number of rotatable bonds is 1. The number of carbonyl (C=O) groups is 1. The lowest BCUT2D eigenvalue weighted by molar-refractivity contribution is -0.138. The molecule has 0 fully saturated rings. The van der Waals surface area contributed by atoms with Gasteiger partial charge in [0.1, 0.15) is 6.04 Å². The van der Waals surface area contributed by atoms with Gasteiger partial charge in [-0.3, -0.25) is 4.79 Å². The van der Waals surface area contributed by atoms with Crippen LogP contribution in [0.4, 0.5) is 0 Å². The number of hydrogen-bond donors (Lipinski definition) is 3. The molecule has 4 nitrogen and oxygen atoms in total. The summed E-state index contributed by atoms with van der Waals surface area (Å²) in [5, 5.41) is 14.9. The van der Waals surface area contributed by atoms with E-state index in [1.807, 2.05) is 0 Å². The highest BCUT2D eigenvalue weighted by Crippen LogP contribution is 1.68. The maximum absolute atomic E-state index is 9.57. The SMILES string of the molecule is CC(N)C(=O)O.CO. The van der Waals surface area contributed by atoms with Crippen molar-refractivity contribution >= 4 is 5.97 Å². The third kappa shape index (κ3) is 9.04. The molecule has 50 valence electrons. The molecule has 0 aromatic rings. The number of nitrogens with two attached hydrogens (primary N) is 1. The molecular formula is C4H11NO3. The average molecular weight is 121 g/mol. The van der Waals surface area contributed by atoms with Crippen molar-refractivity contribution in [3.63, 3.8) is 0 Å². The number of carboxylic acid groups (broad SMARTS) is 1. The van der Waals surface area contributed by atoms with Gasteiger partial charge in [-0.1, -0.05) is 0 Å².